The van der Waals surface area contributed by atoms with Crippen molar-refractivity contribution in [2.45, 2.75) is 13.3 Å². The van der Waals surface area contributed by atoms with Gasteiger partial charge in [-0.2, -0.15) is 0 Å². The largest absolute Gasteiger partial charge is 0.310 e. The summed E-state index contributed by atoms with van der Waals surface area (Å²) in [4.78, 5) is 11.1. The first-order chi connectivity index (χ1) is 10.8. The first-order valence-corrected chi connectivity index (χ1v) is 7.65. The molecule has 1 atom stereocenters. The van der Waals surface area contributed by atoms with Crippen molar-refractivity contribution in [3.63, 3.8) is 0 Å². The summed E-state index contributed by atoms with van der Waals surface area (Å²) < 4.78 is 2.30. The molecule has 0 fully saturated rings. The number of benzene rings is 2. The zero-order valence-corrected chi connectivity index (χ0v) is 12.5. The van der Waals surface area contributed by atoms with Gasteiger partial charge in [-0.25, -0.2) is 0 Å². The maximum Gasteiger partial charge on any atom is 0.150 e. The average Bonchev–Trinajstić information content (AvgIpc) is 2.88. The molecule has 0 N–H and O–H groups in total. The van der Waals surface area contributed by atoms with Gasteiger partial charge < -0.3 is 4.57 Å². The van der Waals surface area contributed by atoms with Crippen LogP contribution in [-0.4, -0.2) is 10.9 Å². The Morgan fingerprint density at radius 1 is 1.09 bits per heavy atom. The van der Waals surface area contributed by atoms with E-state index in [0.29, 0.717) is 5.92 Å². The molecule has 0 saturated heterocycles. The zero-order valence-electron chi connectivity index (χ0n) is 12.5. The Labute approximate surface area is 129 Å². The summed E-state index contributed by atoms with van der Waals surface area (Å²) >= 11 is 0. The minimum absolute atomic E-state index is 0.547. The molecule has 1 aromatic heterocycles. The Morgan fingerprint density at radius 2 is 1.91 bits per heavy atom. The Balaban J connectivity index is 2.12. The number of carbonyl (C=O) groups is 1. The Morgan fingerprint density at radius 3 is 2.73 bits per heavy atom. The van der Waals surface area contributed by atoms with Gasteiger partial charge in [0.15, 0.2) is 0 Å². The predicted octanol–water partition coefficient (Wildman–Crippen LogP) is 5.04. The van der Waals surface area contributed by atoms with E-state index in [-0.39, 0.29) is 0 Å². The van der Waals surface area contributed by atoms with Gasteiger partial charge in [0.25, 0.3) is 0 Å². The fourth-order valence-corrected chi connectivity index (χ4v) is 3.31. The molecule has 22 heavy (non-hydrogen) atoms. The van der Waals surface area contributed by atoms with Crippen molar-refractivity contribution in [3.8, 4) is 0 Å². The van der Waals surface area contributed by atoms with Gasteiger partial charge in [-0.05, 0) is 42.7 Å². The average molecular weight is 287 g/mol. The van der Waals surface area contributed by atoms with Crippen molar-refractivity contribution in [1.82, 2.24) is 4.57 Å². The zero-order chi connectivity index (χ0) is 15.1. The normalized spacial score (nSPS) is 17.9. The third-order valence-corrected chi connectivity index (χ3v) is 4.34. The molecule has 1 unspecified atom stereocenters. The standard InChI is InChI=1S/C20H17NO/c1-14-5-4-6-16(11-14)21-19-8-3-2-7-17(19)18-12-15(13-22)9-10-20(18)21/h2-4,6-14H,5H2,1H3. The molecular weight excluding hydrogens is 270 g/mol. The predicted molar refractivity (Wildman–Crippen MR) is 92.0 cm³/mol. The second kappa shape index (κ2) is 4.99. The lowest BCUT2D eigenvalue weighted by molar-refractivity contribution is 0.112. The van der Waals surface area contributed by atoms with E-state index in [2.05, 4.69) is 47.9 Å². The van der Waals surface area contributed by atoms with Gasteiger partial charge in [-0.1, -0.05) is 37.3 Å². The summed E-state index contributed by atoms with van der Waals surface area (Å²) in [6.45, 7) is 2.24. The number of rotatable bonds is 2. The van der Waals surface area contributed by atoms with E-state index in [1.807, 2.05) is 24.3 Å². The van der Waals surface area contributed by atoms with E-state index >= 15 is 0 Å². The number of nitrogens with zero attached hydrogens (tertiary/aromatic N) is 1. The van der Waals surface area contributed by atoms with Crippen LogP contribution in [0.1, 0.15) is 23.7 Å². The van der Waals surface area contributed by atoms with E-state index in [1.54, 1.807) is 0 Å². The highest BCUT2D eigenvalue weighted by Gasteiger charge is 2.14. The lowest BCUT2D eigenvalue weighted by Gasteiger charge is -2.15. The molecule has 3 aromatic rings. The highest BCUT2D eigenvalue weighted by atomic mass is 16.1. The molecule has 2 heteroatoms. The van der Waals surface area contributed by atoms with Gasteiger partial charge in [-0.3, -0.25) is 4.79 Å². The second-order valence-corrected chi connectivity index (χ2v) is 5.95. The van der Waals surface area contributed by atoms with Crippen LogP contribution in [0.15, 0.2) is 60.7 Å². The van der Waals surface area contributed by atoms with Gasteiger partial charge in [0.2, 0.25) is 0 Å². The fraction of sp³-hybridized carbons (Fsp3) is 0.150. The van der Waals surface area contributed by atoms with Gasteiger partial charge in [0.1, 0.15) is 6.29 Å². The summed E-state index contributed by atoms with van der Waals surface area (Å²) in [6.07, 6.45) is 8.75. The van der Waals surface area contributed by atoms with Crippen LogP contribution >= 0.6 is 0 Å². The highest BCUT2D eigenvalue weighted by molar-refractivity contribution is 6.11. The number of aromatic nitrogens is 1. The van der Waals surface area contributed by atoms with Crippen LogP contribution in [0.5, 0.6) is 0 Å². The molecule has 108 valence electrons. The topological polar surface area (TPSA) is 22.0 Å². The van der Waals surface area contributed by atoms with Crippen molar-refractivity contribution in [1.29, 1.82) is 0 Å². The van der Waals surface area contributed by atoms with Crippen LogP contribution in [0.25, 0.3) is 27.5 Å². The molecule has 1 aliphatic carbocycles. The molecule has 0 saturated carbocycles. The number of hydrogen-bond acceptors (Lipinski definition) is 1. The Bertz CT molecular complexity index is 943. The van der Waals surface area contributed by atoms with Crippen LogP contribution in [0.4, 0.5) is 0 Å². The first-order valence-electron chi connectivity index (χ1n) is 7.65. The smallest absolute Gasteiger partial charge is 0.150 e. The van der Waals surface area contributed by atoms with E-state index in [9.17, 15) is 4.79 Å². The molecule has 2 aromatic carbocycles. The number of carbonyl (C=O) groups excluding carboxylic acids is 1. The van der Waals surface area contributed by atoms with Crippen molar-refractivity contribution >= 4 is 33.8 Å². The highest BCUT2D eigenvalue weighted by Crippen LogP contribution is 2.34. The van der Waals surface area contributed by atoms with Gasteiger partial charge >= 0.3 is 0 Å². The summed E-state index contributed by atoms with van der Waals surface area (Å²) in [5.74, 6) is 0.547. The van der Waals surface area contributed by atoms with Crippen LogP contribution in [0, 0.1) is 5.92 Å². The summed E-state index contributed by atoms with van der Waals surface area (Å²) in [5, 5.41) is 2.32. The van der Waals surface area contributed by atoms with Crippen molar-refractivity contribution < 1.29 is 4.79 Å². The minimum atomic E-state index is 0.547. The molecule has 0 aliphatic heterocycles. The number of allylic oxidation sites excluding steroid dienone is 4. The molecule has 0 amide bonds. The monoisotopic (exact) mass is 287 g/mol. The molecule has 0 spiro atoms. The molecule has 4 rings (SSSR count). The molecule has 0 radical (unpaired) electrons. The maximum atomic E-state index is 11.1. The van der Waals surface area contributed by atoms with E-state index in [4.69, 9.17) is 0 Å². The Hall–Kier alpha value is -2.61. The second-order valence-electron chi connectivity index (χ2n) is 5.95. The molecule has 1 heterocycles. The number of aldehydes is 1. The van der Waals surface area contributed by atoms with Gasteiger partial charge in [0, 0.05) is 22.0 Å². The molecular formula is C20H17NO. The fourth-order valence-electron chi connectivity index (χ4n) is 3.31. The quantitative estimate of drug-likeness (QED) is 0.605. The summed E-state index contributed by atoms with van der Waals surface area (Å²) in [7, 11) is 0. The maximum absolute atomic E-state index is 11.1. The SMILES string of the molecule is CC1C=C(n2c3ccccc3c3cc(C=O)ccc32)C=CC1. The molecule has 0 bridgehead atoms. The van der Waals surface area contributed by atoms with Crippen LogP contribution in [-0.2, 0) is 0 Å². The van der Waals surface area contributed by atoms with Crippen molar-refractivity contribution in [2.75, 3.05) is 0 Å². The van der Waals surface area contributed by atoms with Crippen LogP contribution < -0.4 is 0 Å². The molecule has 2 nitrogen and oxygen atoms in total. The summed E-state index contributed by atoms with van der Waals surface area (Å²) in [6, 6.07) is 14.3. The minimum Gasteiger partial charge on any atom is -0.310 e. The van der Waals surface area contributed by atoms with Crippen molar-refractivity contribution in [3.05, 3.63) is 66.3 Å². The van der Waals surface area contributed by atoms with Crippen LogP contribution in [0.3, 0.4) is 0 Å². The van der Waals surface area contributed by atoms with E-state index < -0.39 is 0 Å². The lowest BCUT2D eigenvalue weighted by atomic mass is 10.0. The summed E-state index contributed by atoms with van der Waals surface area (Å²) in [5.41, 5.74) is 4.27. The van der Waals surface area contributed by atoms with E-state index in [0.717, 1.165) is 29.2 Å². The van der Waals surface area contributed by atoms with Gasteiger partial charge in [0.05, 0.1) is 11.0 Å². The third-order valence-electron chi connectivity index (χ3n) is 4.34. The number of fused-ring (bicyclic) bond motifs is 3. The number of hydrogen-bond donors (Lipinski definition) is 0. The van der Waals surface area contributed by atoms with Crippen LogP contribution in [0.2, 0.25) is 0 Å². The van der Waals surface area contributed by atoms with Gasteiger partial charge in [-0.15, -0.1) is 0 Å². The first kappa shape index (κ1) is 13.1. The Kier molecular flexibility index (Phi) is 2.97. The van der Waals surface area contributed by atoms with E-state index in [1.165, 1.54) is 16.6 Å². The van der Waals surface area contributed by atoms with Crippen molar-refractivity contribution in [2.24, 2.45) is 5.92 Å². The lowest BCUT2D eigenvalue weighted by Crippen LogP contribution is -2.01. The number of para-hydroxylation sites is 1. The molecule has 1 aliphatic rings. The third kappa shape index (κ3) is 1.92.